The van der Waals surface area contributed by atoms with Crippen LogP contribution >= 0.6 is 11.8 Å². The molecule has 242 valence electrons. The minimum Gasteiger partial charge on any atom is -0.379 e. The van der Waals surface area contributed by atoms with Gasteiger partial charge in [-0.25, -0.2) is 8.42 Å². The molecule has 10 nitrogen and oxygen atoms in total. The molecule has 0 aromatic heterocycles. The van der Waals surface area contributed by atoms with Crippen molar-refractivity contribution in [3.05, 3.63) is 22.1 Å². The minimum atomic E-state index is -3.76. The maximum atomic E-state index is 14.1. The molecular formula is C30H54N4O6S2. The second kappa shape index (κ2) is 18.1. The first-order valence-electron chi connectivity index (χ1n) is 15.6. The number of rotatable bonds is 16. The number of methoxy groups -OCH3 is 1. The highest BCUT2D eigenvalue weighted by Crippen LogP contribution is 2.32. The van der Waals surface area contributed by atoms with Gasteiger partial charge in [0.1, 0.15) is 6.61 Å². The summed E-state index contributed by atoms with van der Waals surface area (Å²) >= 11 is 1.72. The average Bonchev–Trinajstić information content (AvgIpc) is 3.13. The number of hydrogen-bond donors (Lipinski definition) is 0. The van der Waals surface area contributed by atoms with Crippen molar-refractivity contribution in [2.45, 2.75) is 59.1 Å². The predicted octanol–water partition coefficient (Wildman–Crippen LogP) is 2.67. The van der Waals surface area contributed by atoms with Gasteiger partial charge in [-0.05, 0) is 64.4 Å². The van der Waals surface area contributed by atoms with Gasteiger partial charge in [0.2, 0.25) is 15.9 Å². The Morgan fingerprint density at radius 2 is 1.79 bits per heavy atom. The standard InChI is InChI=1S/C30H54N4O6S2/c1-6-41-21-18-34(42(36,37)30-25(2)8-9-28(38-5)22-26(30)3)27(4)23-40-24-29(35)33-14-12-31(13-15-33)10-7-11-32-16-19-39-20-17-32/h22,27-28H,6-21,23-24H2,1-5H3. The van der Waals surface area contributed by atoms with Crippen molar-refractivity contribution in [2.75, 3.05) is 104 Å². The Hall–Kier alpha value is -0.990. The van der Waals surface area contributed by atoms with Crippen molar-refractivity contribution in [1.82, 2.24) is 19.0 Å². The molecule has 2 saturated heterocycles. The Morgan fingerprint density at radius 1 is 1.12 bits per heavy atom. The highest BCUT2D eigenvalue weighted by Gasteiger charge is 2.34. The summed E-state index contributed by atoms with van der Waals surface area (Å²) < 4.78 is 46.5. The van der Waals surface area contributed by atoms with Crippen LogP contribution in [0.4, 0.5) is 0 Å². The first-order chi connectivity index (χ1) is 20.2. The van der Waals surface area contributed by atoms with Crippen molar-refractivity contribution >= 4 is 27.7 Å². The number of nitrogens with zero attached hydrogens (tertiary/aromatic N) is 4. The van der Waals surface area contributed by atoms with E-state index in [4.69, 9.17) is 14.2 Å². The zero-order valence-electron chi connectivity index (χ0n) is 26.5. The van der Waals surface area contributed by atoms with E-state index in [-0.39, 0.29) is 25.2 Å². The number of hydrogen-bond acceptors (Lipinski definition) is 9. The number of piperazine rings is 1. The van der Waals surface area contributed by atoms with Gasteiger partial charge in [0, 0.05) is 64.7 Å². The van der Waals surface area contributed by atoms with Gasteiger partial charge in [-0.15, -0.1) is 0 Å². The van der Waals surface area contributed by atoms with Gasteiger partial charge in [-0.3, -0.25) is 14.6 Å². The lowest BCUT2D eigenvalue weighted by atomic mass is 10.1. The molecule has 12 heteroatoms. The third-order valence-corrected chi connectivity index (χ3v) is 11.6. The van der Waals surface area contributed by atoms with Crippen molar-refractivity contribution in [3.8, 4) is 0 Å². The van der Waals surface area contributed by atoms with Gasteiger partial charge >= 0.3 is 0 Å². The van der Waals surface area contributed by atoms with Crippen LogP contribution < -0.4 is 0 Å². The molecule has 42 heavy (non-hydrogen) atoms. The first kappa shape index (κ1) is 35.5. The van der Waals surface area contributed by atoms with Crippen LogP contribution in [0.15, 0.2) is 22.1 Å². The molecule has 1 amide bonds. The summed E-state index contributed by atoms with van der Waals surface area (Å²) in [6, 6.07) is -0.404. The smallest absolute Gasteiger partial charge is 0.248 e. The summed E-state index contributed by atoms with van der Waals surface area (Å²) in [5.74, 6) is 1.59. The Balaban J connectivity index is 1.50. The fourth-order valence-electron chi connectivity index (χ4n) is 5.90. The van der Waals surface area contributed by atoms with E-state index < -0.39 is 16.1 Å². The van der Waals surface area contributed by atoms with Crippen molar-refractivity contribution in [3.63, 3.8) is 0 Å². The minimum absolute atomic E-state index is 0.0298. The number of sulfonamides is 1. The van der Waals surface area contributed by atoms with Crippen LogP contribution in [0.5, 0.6) is 0 Å². The van der Waals surface area contributed by atoms with Gasteiger partial charge in [0.15, 0.2) is 0 Å². The third-order valence-electron chi connectivity index (χ3n) is 8.37. The molecule has 2 aliphatic heterocycles. The molecule has 1 aliphatic carbocycles. The van der Waals surface area contributed by atoms with Crippen molar-refractivity contribution in [2.24, 2.45) is 0 Å². The SMILES string of the molecule is CCSCCN(C(C)COCC(=O)N1CCN(CCCN2CCOCC2)CC1)S(=O)(=O)C1=C(C)CCC(OC)C=C1C. The Morgan fingerprint density at radius 3 is 2.43 bits per heavy atom. The summed E-state index contributed by atoms with van der Waals surface area (Å²) in [6.45, 7) is 17.2. The summed E-state index contributed by atoms with van der Waals surface area (Å²) in [7, 11) is -2.11. The number of thioether (sulfide) groups is 1. The molecule has 2 unspecified atom stereocenters. The molecule has 3 rings (SSSR count). The van der Waals surface area contributed by atoms with Gasteiger partial charge in [-0.2, -0.15) is 16.1 Å². The largest absolute Gasteiger partial charge is 0.379 e. The van der Waals surface area contributed by atoms with Crippen LogP contribution in [0.2, 0.25) is 0 Å². The van der Waals surface area contributed by atoms with Crippen LogP contribution in [0, 0.1) is 0 Å². The Kier molecular flexibility index (Phi) is 15.3. The predicted molar refractivity (Wildman–Crippen MR) is 170 cm³/mol. The number of carbonyl (C=O) groups is 1. The van der Waals surface area contributed by atoms with Gasteiger partial charge in [0.25, 0.3) is 0 Å². The lowest BCUT2D eigenvalue weighted by molar-refractivity contribution is -0.138. The summed E-state index contributed by atoms with van der Waals surface area (Å²) in [5.41, 5.74) is 1.59. The molecule has 3 aliphatic rings. The second-order valence-corrected chi connectivity index (χ2v) is 14.7. The quantitative estimate of drug-likeness (QED) is 0.239. The van der Waals surface area contributed by atoms with E-state index >= 15 is 0 Å². The summed E-state index contributed by atoms with van der Waals surface area (Å²) in [4.78, 5) is 20.1. The lowest BCUT2D eigenvalue weighted by Crippen LogP contribution is -2.50. The highest BCUT2D eigenvalue weighted by atomic mass is 32.2. The van der Waals surface area contributed by atoms with Crippen LogP contribution in [0.1, 0.15) is 47.0 Å². The summed E-state index contributed by atoms with van der Waals surface area (Å²) in [5, 5.41) is 0. The topological polar surface area (TPSA) is 91.9 Å². The zero-order chi connectivity index (χ0) is 30.5. The van der Waals surface area contributed by atoms with E-state index in [2.05, 4.69) is 16.7 Å². The molecule has 0 spiro atoms. The Bertz CT molecular complexity index is 1010. The maximum Gasteiger partial charge on any atom is 0.248 e. The average molecular weight is 631 g/mol. The molecule has 0 bridgehead atoms. The van der Waals surface area contributed by atoms with E-state index in [1.807, 2.05) is 31.7 Å². The van der Waals surface area contributed by atoms with E-state index in [1.54, 1.807) is 23.2 Å². The molecule has 0 aromatic carbocycles. The molecule has 0 aromatic rings. The molecule has 0 saturated carbocycles. The molecule has 2 heterocycles. The van der Waals surface area contributed by atoms with Gasteiger partial charge in [-0.1, -0.05) is 18.6 Å². The number of carbonyl (C=O) groups excluding carboxylic acids is 1. The number of ether oxygens (including phenoxy) is 3. The highest BCUT2D eigenvalue weighted by molar-refractivity contribution is 7.99. The third kappa shape index (κ3) is 10.6. The molecule has 0 N–H and O–H groups in total. The molecule has 2 fully saturated rings. The molecule has 0 radical (unpaired) electrons. The van der Waals surface area contributed by atoms with Crippen LogP contribution in [-0.2, 0) is 29.0 Å². The maximum absolute atomic E-state index is 14.1. The molecule has 2 atom stereocenters. The van der Waals surface area contributed by atoms with Gasteiger partial charge < -0.3 is 19.1 Å². The normalized spacial score (nSPS) is 22.4. The van der Waals surface area contributed by atoms with E-state index in [9.17, 15) is 13.2 Å². The zero-order valence-corrected chi connectivity index (χ0v) is 28.1. The summed E-state index contributed by atoms with van der Waals surface area (Å²) in [6.07, 6.45) is 4.38. The molecular weight excluding hydrogens is 576 g/mol. The number of allylic oxidation sites excluding steroid dienone is 2. The van der Waals surface area contributed by atoms with Crippen molar-refractivity contribution in [1.29, 1.82) is 0 Å². The second-order valence-electron chi connectivity index (χ2n) is 11.5. The Labute approximate surface area is 258 Å². The monoisotopic (exact) mass is 630 g/mol. The van der Waals surface area contributed by atoms with E-state index in [0.717, 1.165) is 82.2 Å². The van der Waals surface area contributed by atoms with Crippen molar-refractivity contribution < 1.29 is 27.4 Å². The first-order valence-corrected chi connectivity index (χ1v) is 18.2. The van der Waals surface area contributed by atoms with Crippen LogP contribution in [0.3, 0.4) is 0 Å². The van der Waals surface area contributed by atoms with Gasteiger partial charge in [0.05, 0.1) is 30.8 Å². The van der Waals surface area contributed by atoms with E-state index in [1.165, 1.54) is 0 Å². The number of morpholine rings is 1. The fraction of sp³-hybridized carbons (Fsp3) is 0.833. The van der Waals surface area contributed by atoms with Crippen LogP contribution in [0.25, 0.3) is 0 Å². The van der Waals surface area contributed by atoms with Crippen LogP contribution in [-0.4, -0.2) is 149 Å². The fourth-order valence-corrected chi connectivity index (χ4v) is 8.75. The lowest BCUT2D eigenvalue weighted by Gasteiger charge is -2.35. The van der Waals surface area contributed by atoms with E-state index in [0.29, 0.717) is 36.7 Å². The number of amides is 1.